The molecule has 0 aromatic heterocycles. The van der Waals surface area contributed by atoms with Gasteiger partial charge in [-0.1, -0.05) is 18.6 Å². The third-order valence-corrected chi connectivity index (χ3v) is 3.74. The molecule has 1 saturated carbocycles. The number of ether oxygens (including phenoxy) is 1. The fourth-order valence-electron chi connectivity index (χ4n) is 2.77. The van der Waals surface area contributed by atoms with Gasteiger partial charge < -0.3 is 10.1 Å². The maximum atomic E-state index is 12.2. The van der Waals surface area contributed by atoms with Crippen molar-refractivity contribution in [1.82, 2.24) is 0 Å². The molecule has 0 radical (unpaired) electrons. The molecule has 1 aliphatic carbocycles. The van der Waals surface area contributed by atoms with E-state index in [1.807, 2.05) is 6.07 Å². The van der Waals surface area contributed by atoms with Gasteiger partial charge in [-0.15, -0.1) is 13.2 Å². The zero-order valence-electron chi connectivity index (χ0n) is 9.10. The number of nitrogens with one attached hydrogen (secondary N) is 1. The highest BCUT2D eigenvalue weighted by Crippen LogP contribution is 2.52. The van der Waals surface area contributed by atoms with Crippen LogP contribution in [0.5, 0.6) is 5.75 Å². The van der Waals surface area contributed by atoms with Crippen LogP contribution in [0.2, 0.25) is 0 Å². The number of hydrogen-bond donors (Lipinski definition) is 1. The van der Waals surface area contributed by atoms with Gasteiger partial charge in [0.05, 0.1) is 5.69 Å². The lowest BCUT2D eigenvalue weighted by molar-refractivity contribution is -0.274. The summed E-state index contributed by atoms with van der Waals surface area (Å²) in [5, 5.41) is 3.06. The molecule has 1 aromatic carbocycles. The number of rotatable bonds is 1. The lowest BCUT2D eigenvalue weighted by atomic mass is 9.66. The molecule has 0 amide bonds. The number of para-hydroxylation sites is 1. The number of alkyl halides is 3. The normalized spacial score (nSPS) is 20.6. The highest BCUT2D eigenvalue weighted by Gasteiger charge is 2.45. The van der Waals surface area contributed by atoms with Crippen LogP contribution in [-0.2, 0) is 5.41 Å². The minimum absolute atomic E-state index is 0.0559. The maximum absolute atomic E-state index is 12.2. The molecule has 0 bridgehead atoms. The Balaban J connectivity index is 1.98. The van der Waals surface area contributed by atoms with E-state index in [9.17, 15) is 13.2 Å². The van der Waals surface area contributed by atoms with Gasteiger partial charge in [0.25, 0.3) is 0 Å². The second-order valence-corrected chi connectivity index (χ2v) is 4.71. The van der Waals surface area contributed by atoms with Gasteiger partial charge in [0, 0.05) is 12.0 Å². The van der Waals surface area contributed by atoms with Crippen LogP contribution in [0.15, 0.2) is 18.2 Å². The number of benzene rings is 1. The van der Waals surface area contributed by atoms with Gasteiger partial charge in [-0.3, -0.25) is 0 Å². The van der Waals surface area contributed by atoms with Crippen LogP contribution < -0.4 is 10.1 Å². The molecular formula is C12H12F3NO. The number of fused-ring (bicyclic) bond motifs is 2. The first-order chi connectivity index (χ1) is 8.00. The van der Waals surface area contributed by atoms with Crippen LogP contribution in [0.25, 0.3) is 0 Å². The second kappa shape index (κ2) is 3.31. The molecule has 1 aromatic rings. The van der Waals surface area contributed by atoms with Crippen molar-refractivity contribution < 1.29 is 17.9 Å². The first-order valence-corrected chi connectivity index (χ1v) is 5.63. The summed E-state index contributed by atoms with van der Waals surface area (Å²) < 4.78 is 40.8. The van der Waals surface area contributed by atoms with Gasteiger partial charge >= 0.3 is 6.36 Å². The molecule has 92 valence electrons. The molecule has 17 heavy (non-hydrogen) atoms. The zero-order chi connectivity index (χ0) is 12.1. The van der Waals surface area contributed by atoms with E-state index >= 15 is 0 Å². The minimum atomic E-state index is -4.63. The third kappa shape index (κ3) is 1.64. The number of anilines is 1. The largest absolute Gasteiger partial charge is 0.573 e. The van der Waals surface area contributed by atoms with Crippen LogP contribution in [0.4, 0.5) is 18.9 Å². The molecule has 2 nitrogen and oxygen atoms in total. The van der Waals surface area contributed by atoms with Crippen molar-refractivity contribution in [2.45, 2.75) is 31.0 Å². The molecule has 1 N–H and O–H groups in total. The highest BCUT2D eigenvalue weighted by atomic mass is 19.4. The van der Waals surface area contributed by atoms with Crippen molar-refractivity contribution in [3.05, 3.63) is 23.8 Å². The fraction of sp³-hybridized carbons (Fsp3) is 0.500. The van der Waals surface area contributed by atoms with E-state index in [1.165, 1.54) is 6.07 Å². The van der Waals surface area contributed by atoms with Gasteiger partial charge in [-0.2, -0.15) is 0 Å². The van der Waals surface area contributed by atoms with Crippen LogP contribution in [-0.4, -0.2) is 12.9 Å². The van der Waals surface area contributed by atoms with E-state index in [0.29, 0.717) is 5.69 Å². The summed E-state index contributed by atoms with van der Waals surface area (Å²) in [6, 6.07) is 4.89. The van der Waals surface area contributed by atoms with Crippen molar-refractivity contribution in [2.75, 3.05) is 11.9 Å². The first-order valence-electron chi connectivity index (χ1n) is 5.63. The van der Waals surface area contributed by atoms with E-state index in [4.69, 9.17) is 0 Å². The Hall–Kier alpha value is -1.39. The summed E-state index contributed by atoms with van der Waals surface area (Å²) in [5.41, 5.74) is 1.55. The third-order valence-electron chi connectivity index (χ3n) is 3.74. The van der Waals surface area contributed by atoms with Crippen LogP contribution in [0, 0.1) is 0 Å². The molecule has 1 spiro atoms. The Labute approximate surface area is 96.8 Å². The first kappa shape index (κ1) is 10.7. The highest BCUT2D eigenvalue weighted by molar-refractivity contribution is 5.69. The van der Waals surface area contributed by atoms with Crippen molar-refractivity contribution >= 4 is 5.69 Å². The number of halogens is 3. The average molecular weight is 243 g/mol. The van der Waals surface area contributed by atoms with Crippen molar-refractivity contribution in [1.29, 1.82) is 0 Å². The fourth-order valence-corrected chi connectivity index (χ4v) is 2.77. The smallest absolute Gasteiger partial charge is 0.404 e. The van der Waals surface area contributed by atoms with E-state index in [0.717, 1.165) is 31.4 Å². The summed E-state index contributed by atoms with van der Waals surface area (Å²) in [6.07, 6.45) is -1.40. The summed E-state index contributed by atoms with van der Waals surface area (Å²) in [5.74, 6) is -0.112. The van der Waals surface area contributed by atoms with Crippen molar-refractivity contribution in [3.8, 4) is 5.75 Å². The molecule has 1 aliphatic heterocycles. The van der Waals surface area contributed by atoms with Crippen molar-refractivity contribution in [2.24, 2.45) is 0 Å². The van der Waals surface area contributed by atoms with Gasteiger partial charge in [0.2, 0.25) is 0 Å². The van der Waals surface area contributed by atoms with Crippen LogP contribution >= 0.6 is 0 Å². The van der Waals surface area contributed by atoms with E-state index < -0.39 is 6.36 Å². The molecule has 5 heteroatoms. The predicted octanol–water partition coefficient (Wildman–Crippen LogP) is 3.43. The Morgan fingerprint density at radius 3 is 2.59 bits per heavy atom. The summed E-state index contributed by atoms with van der Waals surface area (Å²) in [6.45, 7) is 0.723. The van der Waals surface area contributed by atoms with Crippen LogP contribution in [0.3, 0.4) is 0 Å². The maximum Gasteiger partial charge on any atom is 0.573 e. The number of hydrogen-bond acceptors (Lipinski definition) is 2. The standard InChI is InChI=1S/C12H12F3NO/c13-12(14,15)17-9-4-1-3-8-10(9)16-7-11(8)5-2-6-11/h1,3-4,16H,2,5-7H2. The lowest BCUT2D eigenvalue weighted by Crippen LogP contribution is -2.35. The summed E-state index contributed by atoms with van der Waals surface area (Å²) in [7, 11) is 0. The summed E-state index contributed by atoms with van der Waals surface area (Å²) >= 11 is 0. The quantitative estimate of drug-likeness (QED) is 0.815. The Kier molecular flexibility index (Phi) is 2.09. The Morgan fingerprint density at radius 2 is 2.00 bits per heavy atom. The molecule has 0 unspecified atom stereocenters. The molecule has 2 aliphatic rings. The predicted molar refractivity (Wildman–Crippen MR) is 57.1 cm³/mol. The molecule has 0 atom stereocenters. The zero-order valence-corrected chi connectivity index (χ0v) is 9.10. The second-order valence-electron chi connectivity index (χ2n) is 4.71. The summed E-state index contributed by atoms with van der Waals surface area (Å²) in [4.78, 5) is 0. The molecule has 1 heterocycles. The van der Waals surface area contributed by atoms with Gasteiger partial charge in [-0.25, -0.2) is 0 Å². The van der Waals surface area contributed by atoms with Gasteiger partial charge in [0.1, 0.15) is 0 Å². The van der Waals surface area contributed by atoms with E-state index in [2.05, 4.69) is 10.1 Å². The topological polar surface area (TPSA) is 21.3 Å². The SMILES string of the molecule is FC(F)(F)Oc1cccc2c1NCC21CCC1. The monoisotopic (exact) mass is 243 g/mol. The van der Waals surface area contributed by atoms with Gasteiger partial charge in [0.15, 0.2) is 5.75 Å². The Bertz CT molecular complexity index is 452. The average Bonchev–Trinajstić information content (AvgIpc) is 2.55. The molecular weight excluding hydrogens is 231 g/mol. The van der Waals surface area contributed by atoms with Crippen LogP contribution in [0.1, 0.15) is 24.8 Å². The molecule has 1 fully saturated rings. The molecule has 3 rings (SSSR count). The molecule has 0 saturated heterocycles. The van der Waals surface area contributed by atoms with E-state index in [-0.39, 0.29) is 11.2 Å². The van der Waals surface area contributed by atoms with Crippen molar-refractivity contribution in [3.63, 3.8) is 0 Å². The van der Waals surface area contributed by atoms with Gasteiger partial charge in [-0.05, 0) is 24.5 Å². The Morgan fingerprint density at radius 1 is 1.24 bits per heavy atom. The van der Waals surface area contributed by atoms with E-state index in [1.54, 1.807) is 6.07 Å². The minimum Gasteiger partial charge on any atom is -0.404 e. The lowest BCUT2D eigenvalue weighted by Gasteiger charge is -2.38.